The molecule has 2 N–H and O–H groups in total. The van der Waals surface area contributed by atoms with Crippen LogP contribution in [0.2, 0.25) is 5.02 Å². The number of hydrogen-bond acceptors (Lipinski definition) is 6. The maximum atomic E-state index is 10.6. The number of aromatic nitrogens is 1. The number of carboxylic acids is 2. The van der Waals surface area contributed by atoms with Gasteiger partial charge in [-0.2, -0.15) is 26.3 Å². The first-order chi connectivity index (χ1) is 18.1. The minimum absolute atomic E-state index is 0.0203. The third kappa shape index (κ3) is 11.4. The van der Waals surface area contributed by atoms with E-state index < -0.39 is 24.3 Å². The standard InChI is InChI=1S/C20H23ClN2O2.2C2HF3O2/c21-18-3-1-16(2-4-18)12-23-14-20(15-23)11-19(7-10-25-20)24-13-17-5-8-22-9-6-17;2*3-2(4,5)1(6)7/h1-6,8-9,19H,7,10-15H2;2*(H,6,7). The lowest BCUT2D eigenvalue weighted by molar-refractivity contribution is -0.200. The molecule has 1 atom stereocenters. The molecule has 216 valence electrons. The van der Waals surface area contributed by atoms with E-state index >= 15 is 0 Å². The highest BCUT2D eigenvalue weighted by Gasteiger charge is 2.47. The second kappa shape index (κ2) is 13.9. The Morgan fingerprint density at radius 3 is 1.97 bits per heavy atom. The molecule has 0 aliphatic carbocycles. The first-order valence-corrected chi connectivity index (χ1v) is 11.7. The number of carbonyl (C=O) groups is 2. The minimum Gasteiger partial charge on any atom is -0.475 e. The maximum Gasteiger partial charge on any atom is 0.490 e. The van der Waals surface area contributed by atoms with Crippen LogP contribution in [0.5, 0.6) is 0 Å². The number of ether oxygens (including phenoxy) is 2. The van der Waals surface area contributed by atoms with Crippen molar-refractivity contribution >= 4 is 23.5 Å². The van der Waals surface area contributed by atoms with E-state index in [1.165, 1.54) is 11.1 Å². The van der Waals surface area contributed by atoms with Crippen LogP contribution in [0.1, 0.15) is 24.0 Å². The molecule has 1 aromatic heterocycles. The van der Waals surface area contributed by atoms with Crippen LogP contribution in [0.4, 0.5) is 26.3 Å². The number of carboxylic acid groups (broad SMARTS) is 2. The summed E-state index contributed by atoms with van der Waals surface area (Å²) in [5.74, 6) is -5.51. The van der Waals surface area contributed by atoms with E-state index in [4.69, 9.17) is 40.9 Å². The van der Waals surface area contributed by atoms with Crippen LogP contribution in [0.3, 0.4) is 0 Å². The number of nitrogens with zero attached hydrogens (tertiary/aromatic N) is 2. The number of alkyl halides is 6. The van der Waals surface area contributed by atoms with Crippen molar-refractivity contribution < 1.29 is 55.6 Å². The Morgan fingerprint density at radius 1 is 0.974 bits per heavy atom. The number of rotatable bonds is 5. The fraction of sp³-hybridized carbons (Fsp3) is 0.458. The van der Waals surface area contributed by atoms with Crippen molar-refractivity contribution in [3.8, 4) is 0 Å². The monoisotopic (exact) mass is 586 g/mol. The molecule has 2 aliphatic heterocycles. The highest BCUT2D eigenvalue weighted by Crippen LogP contribution is 2.36. The van der Waals surface area contributed by atoms with Crippen molar-refractivity contribution in [1.29, 1.82) is 0 Å². The molecule has 1 unspecified atom stereocenters. The van der Waals surface area contributed by atoms with Gasteiger partial charge >= 0.3 is 24.3 Å². The fourth-order valence-electron chi connectivity index (χ4n) is 3.77. The lowest BCUT2D eigenvalue weighted by atomic mass is 9.84. The summed E-state index contributed by atoms with van der Waals surface area (Å²) in [4.78, 5) is 24.3. The summed E-state index contributed by atoms with van der Waals surface area (Å²) in [6.45, 7) is 4.34. The highest BCUT2D eigenvalue weighted by atomic mass is 35.5. The van der Waals surface area contributed by atoms with Crippen LogP contribution in [0, 0.1) is 0 Å². The van der Waals surface area contributed by atoms with Crippen molar-refractivity contribution in [1.82, 2.24) is 9.88 Å². The smallest absolute Gasteiger partial charge is 0.475 e. The van der Waals surface area contributed by atoms with Crippen LogP contribution in [-0.4, -0.2) is 75.8 Å². The molecule has 4 rings (SSSR count). The molecule has 2 fully saturated rings. The Morgan fingerprint density at radius 2 is 1.49 bits per heavy atom. The zero-order valence-corrected chi connectivity index (χ0v) is 21.0. The average molecular weight is 587 g/mol. The predicted octanol–water partition coefficient (Wildman–Crippen LogP) is 4.95. The molecule has 0 bridgehead atoms. The van der Waals surface area contributed by atoms with E-state index in [0.29, 0.717) is 6.61 Å². The van der Waals surface area contributed by atoms with Gasteiger partial charge in [0.15, 0.2) is 0 Å². The Hall–Kier alpha value is -2.94. The lowest BCUT2D eigenvalue weighted by Gasteiger charge is -2.53. The number of hydrogen-bond donors (Lipinski definition) is 2. The number of pyridine rings is 1. The third-order valence-electron chi connectivity index (χ3n) is 5.51. The molecule has 2 saturated heterocycles. The van der Waals surface area contributed by atoms with Gasteiger partial charge in [0.05, 0.1) is 18.3 Å². The van der Waals surface area contributed by atoms with Gasteiger partial charge in [-0.3, -0.25) is 9.88 Å². The lowest BCUT2D eigenvalue weighted by Crippen LogP contribution is -2.65. The van der Waals surface area contributed by atoms with Gasteiger partial charge in [-0.1, -0.05) is 23.7 Å². The topological polar surface area (TPSA) is 109 Å². The van der Waals surface area contributed by atoms with Crippen molar-refractivity contribution in [2.75, 3.05) is 19.7 Å². The molecule has 0 amide bonds. The number of aliphatic carboxylic acids is 2. The third-order valence-corrected chi connectivity index (χ3v) is 5.76. The van der Waals surface area contributed by atoms with Gasteiger partial charge in [-0.25, -0.2) is 9.59 Å². The average Bonchev–Trinajstić information content (AvgIpc) is 2.84. The van der Waals surface area contributed by atoms with Crippen LogP contribution in [0.25, 0.3) is 0 Å². The van der Waals surface area contributed by atoms with E-state index in [1.54, 1.807) is 0 Å². The summed E-state index contributed by atoms with van der Waals surface area (Å²) in [5, 5.41) is 15.0. The SMILES string of the molecule is Clc1ccc(CN2CC3(CC(OCc4ccncc4)CCO3)C2)cc1.O=C(O)C(F)(F)F.O=C(O)C(F)(F)F. The second-order valence-electron chi connectivity index (χ2n) is 8.69. The van der Waals surface area contributed by atoms with Crippen LogP contribution < -0.4 is 0 Å². The van der Waals surface area contributed by atoms with Crippen molar-refractivity contribution in [3.05, 3.63) is 64.9 Å². The molecular formula is C24H25ClF6N2O6. The van der Waals surface area contributed by atoms with E-state index in [1.807, 2.05) is 36.7 Å². The maximum absolute atomic E-state index is 10.6. The summed E-state index contributed by atoms with van der Waals surface area (Å²) in [6.07, 6.45) is -4.31. The molecule has 1 spiro atoms. The fourth-order valence-corrected chi connectivity index (χ4v) is 3.89. The normalized spacial score (nSPS) is 18.6. The predicted molar refractivity (Wildman–Crippen MR) is 125 cm³/mol. The summed E-state index contributed by atoms with van der Waals surface area (Å²) in [5.41, 5.74) is 2.45. The van der Waals surface area contributed by atoms with Crippen molar-refractivity contribution in [2.45, 2.75) is 50.1 Å². The molecule has 3 heterocycles. The minimum atomic E-state index is -5.08. The molecule has 8 nitrogen and oxygen atoms in total. The molecule has 0 saturated carbocycles. The van der Waals surface area contributed by atoms with E-state index in [2.05, 4.69) is 22.0 Å². The second-order valence-corrected chi connectivity index (χ2v) is 9.13. The molecule has 15 heteroatoms. The van der Waals surface area contributed by atoms with Crippen molar-refractivity contribution in [3.63, 3.8) is 0 Å². The molecular weight excluding hydrogens is 562 g/mol. The molecule has 2 aromatic rings. The molecule has 0 radical (unpaired) electrons. The van der Waals surface area contributed by atoms with Gasteiger partial charge in [0.25, 0.3) is 0 Å². The van der Waals surface area contributed by atoms with Gasteiger partial charge in [-0.05, 0) is 41.8 Å². The van der Waals surface area contributed by atoms with Crippen molar-refractivity contribution in [2.24, 2.45) is 0 Å². The first-order valence-electron chi connectivity index (χ1n) is 11.3. The van der Waals surface area contributed by atoms with Crippen LogP contribution >= 0.6 is 11.6 Å². The summed E-state index contributed by atoms with van der Waals surface area (Å²) in [6, 6.07) is 12.1. The van der Waals surface area contributed by atoms with Gasteiger partial charge < -0.3 is 19.7 Å². The Labute approximate surface area is 224 Å². The van der Waals surface area contributed by atoms with Crippen LogP contribution in [-0.2, 0) is 32.2 Å². The van der Waals surface area contributed by atoms with Gasteiger partial charge in [0, 0.05) is 50.1 Å². The van der Waals surface area contributed by atoms with Gasteiger partial charge in [0.1, 0.15) is 0 Å². The van der Waals surface area contributed by atoms with Gasteiger partial charge in [-0.15, -0.1) is 0 Å². The molecule has 2 aliphatic rings. The number of halogens is 7. The summed E-state index contributed by atoms with van der Waals surface area (Å²) >= 11 is 5.95. The number of benzene rings is 1. The zero-order valence-electron chi connectivity index (χ0n) is 20.2. The Balaban J connectivity index is 0.000000317. The molecule has 1 aromatic carbocycles. The molecule has 39 heavy (non-hydrogen) atoms. The van der Waals surface area contributed by atoms with E-state index in [9.17, 15) is 26.3 Å². The largest absolute Gasteiger partial charge is 0.490 e. The van der Waals surface area contributed by atoms with Crippen LogP contribution in [0.15, 0.2) is 48.8 Å². The first kappa shape index (κ1) is 32.3. The summed E-state index contributed by atoms with van der Waals surface area (Å²) < 4.78 is 75.7. The Bertz CT molecular complexity index is 1040. The zero-order chi connectivity index (χ0) is 29.3. The van der Waals surface area contributed by atoms with E-state index in [-0.39, 0.29) is 11.7 Å². The quantitative estimate of drug-likeness (QED) is 0.474. The van der Waals surface area contributed by atoms with Gasteiger partial charge in [0.2, 0.25) is 0 Å². The highest BCUT2D eigenvalue weighted by molar-refractivity contribution is 6.30. The summed E-state index contributed by atoms with van der Waals surface area (Å²) in [7, 11) is 0. The number of likely N-dealkylation sites (tertiary alicyclic amines) is 1. The van der Waals surface area contributed by atoms with E-state index in [0.717, 1.165) is 44.1 Å². The Kier molecular flexibility index (Phi) is 11.5.